The molecule has 0 radical (unpaired) electrons. The summed E-state index contributed by atoms with van der Waals surface area (Å²) >= 11 is 1.62. The molecule has 1 saturated heterocycles. The first-order chi connectivity index (χ1) is 16.2. The maximum Gasteiger partial charge on any atom is 0.248 e. The number of aromatic nitrogens is 2. The number of aromatic amines is 1. The van der Waals surface area contributed by atoms with Crippen molar-refractivity contribution < 1.29 is 4.74 Å². The van der Waals surface area contributed by atoms with Crippen molar-refractivity contribution in [2.45, 2.75) is 16.4 Å². The lowest BCUT2D eigenvalue weighted by Crippen LogP contribution is -2.45. The Balaban J connectivity index is 1.45. The van der Waals surface area contributed by atoms with Crippen molar-refractivity contribution in [1.29, 1.82) is 0 Å². The van der Waals surface area contributed by atoms with Gasteiger partial charge in [-0.3, -0.25) is 4.79 Å². The van der Waals surface area contributed by atoms with Crippen LogP contribution in [0, 0.1) is 0 Å². The molecule has 1 aliphatic rings. The van der Waals surface area contributed by atoms with E-state index in [9.17, 15) is 4.79 Å². The fourth-order valence-corrected chi connectivity index (χ4v) is 4.91. The van der Waals surface area contributed by atoms with Crippen molar-refractivity contribution in [3.8, 4) is 5.75 Å². The molecule has 0 unspecified atom stereocenters. The first-order valence-electron chi connectivity index (χ1n) is 11.1. The number of ether oxygens (including phenoxy) is 1. The van der Waals surface area contributed by atoms with Crippen LogP contribution in [0.1, 0.15) is 5.56 Å². The molecule has 1 fully saturated rings. The molecule has 1 aliphatic heterocycles. The van der Waals surface area contributed by atoms with Crippen LogP contribution in [0.25, 0.3) is 10.9 Å². The first-order valence-corrected chi connectivity index (χ1v) is 11.9. The molecule has 0 aliphatic carbocycles. The summed E-state index contributed by atoms with van der Waals surface area (Å²) in [6.45, 7) is 4.35. The lowest BCUT2D eigenvalue weighted by molar-refractivity contribution is 0.294. The summed E-state index contributed by atoms with van der Waals surface area (Å²) in [5.41, 5.74) is 1.85. The van der Waals surface area contributed by atoms with Gasteiger partial charge in [-0.05, 0) is 36.9 Å². The van der Waals surface area contributed by atoms with Gasteiger partial charge in [-0.25, -0.2) is 4.98 Å². The van der Waals surface area contributed by atoms with Crippen molar-refractivity contribution in [3.63, 3.8) is 0 Å². The number of rotatable bonds is 6. The Morgan fingerprint density at radius 1 is 1.00 bits per heavy atom. The van der Waals surface area contributed by atoms with E-state index in [2.05, 4.69) is 46.1 Å². The highest BCUT2D eigenvalue weighted by Crippen LogP contribution is 2.37. The monoisotopic (exact) mass is 458 g/mol. The number of piperazine rings is 1. The van der Waals surface area contributed by atoms with Crippen LogP contribution in [0.4, 0.5) is 5.82 Å². The van der Waals surface area contributed by atoms with E-state index in [0.717, 1.165) is 64.0 Å². The van der Waals surface area contributed by atoms with Crippen LogP contribution in [-0.4, -0.2) is 48.1 Å². The number of benzene rings is 2. The summed E-state index contributed by atoms with van der Waals surface area (Å²) in [7, 11) is 2.15. The van der Waals surface area contributed by atoms with Crippen LogP contribution in [-0.2, 0) is 6.61 Å². The fraction of sp³-hybridized carbons (Fsp3) is 0.231. The Kier molecular flexibility index (Phi) is 6.32. The first kappa shape index (κ1) is 21.6. The Labute approximate surface area is 197 Å². The van der Waals surface area contributed by atoms with Gasteiger partial charge < -0.3 is 19.5 Å². The van der Waals surface area contributed by atoms with Gasteiger partial charge in [0.2, 0.25) is 5.56 Å². The van der Waals surface area contributed by atoms with Crippen molar-refractivity contribution in [1.82, 2.24) is 14.9 Å². The molecule has 168 valence electrons. The molecule has 5 rings (SSSR count). The average Bonchev–Trinajstić information content (AvgIpc) is 2.84. The number of nitrogens with zero attached hydrogens (tertiary/aromatic N) is 3. The molecule has 2 aromatic heterocycles. The van der Waals surface area contributed by atoms with Gasteiger partial charge in [-0.15, -0.1) is 0 Å². The molecule has 33 heavy (non-hydrogen) atoms. The van der Waals surface area contributed by atoms with Gasteiger partial charge in [0.15, 0.2) is 11.6 Å². The maximum absolute atomic E-state index is 11.7. The number of pyridine rings is 2. The SMILES string of the molecule is CN1CCN(c2ncc(Sc3cccc4[nH]c(=O)ccc34)cc2OCc2ccccc2)CC1. The number of hydrogen-bond acceptors (Lipinski definition) is 6. The quantitative estimate of drug-likeness (QED) is 0.462. The van der Waals surface area contributed by atoms with Crippen LogP contribution in [0.3, 0.4) is 0 Å². The van der Waals surface area contributed by atoms with Crippen molar-refractivity contribution >= 4 is 28.5 Å². The van der Waals surface area contributed by atoms with E-state index in [-0.39, 0.29) is 5.56 Å². The number of H-pyrrole nitrogens is 1. The van der Waals surface area contributed by atoms with Gasteiger partial charge in [0.1, 0.15) is 6.61 Å². The predicted octanol–water partition coefficient (Wildman–Crippen LogP) is 4.41. The number of likely N-dealkylation sites (N-methyl/N-ethyl adjacent to an activating group) is 1. The Bertz CT molecular complexity index is 1300. The summed E-state index contributed by atoms with van der Waals surface area (Å²) in [4.78, 5) is 26.1. The second-order valence-electron chi connectivity index (χ2n) is 8.20. The highest BCUT2D eigenvalue weighted by atomic mass is 32.2. The predicted molar refractivity (Wildman–Crippen MR) is 133 cm³/mol. The Morgan fingerprint density at radius 3 is 2.64 bits per heavy atom. The minimum atomic E-state index is -0.0977. The van der Waals surface area contributed by atoms with E-state index in [0.29, 0.717) is 6.61 Å². The highest BCUT2D eigenvalue weighted by Gasteiger charge is 2.20. The van der Waals surface area contributed by atoms with E-state index in [1.165, 1.54) is 0 Å². The highest BCUT2D eigenvalue weighted by molar-refractivity contribution is 7.99. The van der Waals surface area contributed by atoms with Crippen LogP contribution in [0.2, 0.25) is 0 Å². The third-order valence-corrected chi connectivity index (χ3v) is 6.84. The van der Waals surface area contributed by atoms with E-state index in [1.54, 1.807) is 17.8 Å². The lowest BCUT2D eigenvalue weighted by atomic mass is 10.2. The second-order valence-corrected chi connectivity index (χ2v) is 9.31. The van der Waals surface area contributed by atoms with Gasteiger partial charge in [-0.2, -0.15) is 0 Å². The topological polar surface area (TPSA) is 61.5 Å². The Morgan fingerprint density at radius 2 is 1.82 bits per heavy atom. The zero-order valence-electron chi connectivity index (χ0n) is 18.5. The molecule has 7 heteroatoms. The summed E-state index contributed by atoms with van der Waals surface area (Å²) in [5.74, 6) is 1.69. The van der Waals surface area contributed by atoms with E-state index in [1.807, 2.05) is 42.6 Å². The summed E-state index contributed by atoms with van der Waals surface area (Å²) < 4.78 is 6.31. The fourth-order valence-electron chi connectivity index (χ4n) is 3.95. The smallest absolute Gasteiger partial charge is 0.248 e. The van der Waals surface area contributed by atoms with Crippen molar-refractivity contribution in [2.24, 2.45) is 0 Å². The van der Waals surface area contributed by atoms with Crippen LogP contribution in [0.5, 0.6) is 5.75 Å². The second kappa shape index (κ2) is 9.68. The third kappa shape index (κ3) is 5.05. The van der Waals surface area contributed by atoms with Crippen molar-refractivity contribution in [3.05, 3.63) is 88.8 Å². The molecule has 3 heterocycles. The van der Waals surface area contributed by atoms with Gasteiger partial charge in [0, 0.05) is 59.1 Å². The number of anilines is 1. The van der Waals surface area contributed by atoms with E-state index >= 15 is 0 Å². The zero-order valence-corrected chi connectivity index (χ0v) is 19.3. The maximum atomic E-state index is 11.7. The van der Waals surface area contributed by atoms with Crippen LogP contribution < -0.4 is 15.2 Å². The molecule has 6 nitrogen and oxygen atoms in total. The molecule has 0 atom stereocenters. The molecule has 0 amide bonds. The van der Waals surface area contributed by atoms with Crippen LogP contribution in [0.15, 0.2) is 87.5 Å². The summed E-state index contributed by atoms with van der Waals surface area (Å²) in [6, 6.07) is 21.6. The minimum Gasteiger partial charge on any atom is -0.485 e. The van der Waals surface area contributed by atoms with Crippen LogP contribution >= 0.6 is 11.8 Å². The van der Waals surface area contributed by atoms with Crippen molar-refractivity contribution in [2.75, 3.05) is 38.1 Å². The zero-order chi connectivity index (χ0) is 22.6. The van der Waals surface area contributed by atoms with E-state index < -0.39 is 0 Å². The summed E-state index contributed by atoms with van der Waals surface area (Å²) in [5, 5.41) is 1.01. The van der Waals surface area contributed by atoms with Gasteiger partial charge in [-0.1, -0.05) is 48.2 Å². The molecule has 0 saturated carbocycles. The van der Waals surface area contributed by atoms with Gasteiger partial charge in [0.25, 0.3) is 0 Å². The lowest BCUT2D eigenvalue weighted by Gasteiger charge is -2.34. The average molecular weight is 459 g/mol. The third-order valence-electron chi connectivity index (χ3n) is 5.80. The molecule has 0 bridgehead atoms. The molecule has 4 aromatic rings. The van der Waals surface area contributed by atoms with Gasteiger partial charge >= 0.3 is 0 Å². The largest absolute Gasteiger partial charge is 0.485 e. The Hall–Kier alpha value is -3.29. The number of fused-ring (bicyclic) bond motifs is 1. The summed E-state index contributed by atoms with van der Waals surface area (Å²) in [6.07, 6.45) is 1.91. The number of nitrogens with one attached hydrogen (secondary N) is 1. The molecule has 1 N–H and O–H groups in total. The number of hydrogen-bond donors (Lipinski definition) is 1. The molecule has 0 spiro atoms. The standard InChI is InChI=1S/C26H26N4O2S/c1-29-12-14-30(15-13-29)26-23(32-18-19-6-3-2-4-7-19)16-20(17-27-26)33-24-9-5-8-22-21(24)10-11-25(31)28-22/h2-11,16-17H,12-15,18H2,1H3,(H,28,31). The molecular formula is C26H26N4O2S. The normalized spacial score (nSPS) is 14.5. The molecule has 2 aromatic carbocycles. The van der Waals surface area contributed by atoms with E-state index in [4.69, 9.17) is 9.72 Å². The molecular weight excluding hydrogens is 432 g/mol. The van der Waals surface area contributed by atoms with Gasteiger partial charge in [0.05, 0.1) is 0 Å². The minimum absolute atomic E-state index is 0.0977.